The summed E-state index contributed by atoms with van der Waals surface area (Å²) in [5.41, 5.74) is 1.40. The molecule has 0 saturated heterocycles. The number of hydrogen-bond acceptors (Lipinski definition) is 4. The number of aliphatic hydroxyl groups is 1. The highest BCUT2D eigenvalue weighted by atomic mass is 32.2. The molecule has 2 aromatic carbocycles. The average molecular weight is 326 g/mol. The maximum Gasteiger partial charge on any atom is 0.251 e. The molecule has 4 nitrogen and oxygen atoms in total. The van der Waals surface area contributed by atoms with Crippen molar-refractivity contribution in [1.82, 2.24) is 5.32 Å². The third-order valence-corrected chi connectivity index (χ3v) is 4.15. The first-order valence-corrected chi connectivity index (χ1v) is 8.30. The Morgan fingerprint density at radius 3 is 2.74 bits per heavy atom. The second-order valence-electron chi connectivity index (χ2n) is 4.95. The maximum absolute atomic E-state index is 12.1. The topological polar surface area (TPSA) is 73.1 Å². The lowest BCUT2D eigenvalue weighted by Gasteiger charge is -2.12. The number of thioether (sulfide) groups is 1. The Bertz CT molecular complexity index is 683. The molecule has 1 atom stereocenters. The van der Waals surface area contributed by atoms with Gasteiger partial charge in [-0.2, -0.15) is 5.26 Å². The Labute approximate surface area is 140 Å². The van der Waals surface area contributed by atoms with Crippen LogP contribution in [0.4, 0.5) is 0 Å². The molecule has 0 aromatic heterocycles. The van der Waals surface area contributed by atoms with Gasteiger partial charge in [0.1, 0.15) is 0 Å². The van der Waals surface area contributed by atoms with E-state index in [2.05, 4.69) is 11.4 Å². The van der Waals surface area contributed by atoms with Crippen molar-refractivity contribution in [2.45, 2.75) is 17.4 Å². The van der Waals surface area contributed by atoms with E-state index < -0.39 is 6.10 Å². The highest BCUT2D eigenvalue weighted by Crippen LogP contribution is 2.19. The number of nitrogens with one attached hydrogen (secondary N) is 1. The third-order valence-electron chi connectivity index (χ3n) is 3.29. The highest BCUT2D eigenvalue weighted by Gasteiger charge is 2.09. The predicted molar refractivity (Wildman–Crippen MR) is 91.1 cm³/mol. The number of aliphatic hydroxyl groups excluding tert-OH is 1. The molecular weight excluding hydrogens is 308 g/mol. The van der Waals surface area contributed by atoms with Crippen LogP contribution < -0.4 is 5.32 Å². The minimum atomic E-state index is -0.589. The molecule has 2 rings (SSSR count). The lowest BCUT2D eigenvalue weighted by molar-refractivity contribution is 0.0942. The molecule has 0 spiro atoms. The Balaban J connectivity index is 1.84. The van der Waals surface area contributed by atoms with Crippen molar-refractivity contribution in [3.8, 4) is 6.07 Å². The van der Waals surface area contributed by atoms with Crippen molar-refractivity contribution < 1.29 is 9.90 Å². The number of rotatable bonds is 7. The van der Waals surface area contributed by atoms with Crippen LogP contribution in [0.3, 0.4) is 0 Å². The van der Waals surface area contributed by atoms with Crippen molar-refractivity contribution in [3.63, 3.8) is 0 Å². The van der Waals surface area contributed by atoms with Crippen LogP contribution in [0.25, 0.3) is 0 Å². The molecule has 1 unspecified atom stereocenters. The second kappa shape index (κ2) is 8.99. The fraction of sp³-hybridized carbons (Fsp3) is 0.222. The van der Waals surface area contributed by atoms with Gasteiger partial charge in [-0.3, -0.25) is 4.79 Å². The highest BCUT2D eigenvalue weighted by molar-refractivity contribution is 7.99. The predicted octanol–water partition coefficient (Wildman–Crippen LogP) is 3.16. The van der Waals surface area contributed by atoms with Crippen molar-refractivity contribution in [3.05, 3.63) is 65.7 Å². The van der Waals surface area contributed by atoms with E-state index in [9.17, 15) is 9.90 Å². The minimum absolute atomic E-state index is 0.176. The van der Waals surface area contributed by atoms with Gasteiger partial charge in [0.15, 0.2) is 0 Å². The maximum atomic E-state index is 12.1. The summed E-state index contributed by atoms with van der Waals surface area (Å²) in [6.07, 6.45) is -0.132. The average Bonchev–Trinajstić information content (AvgIpc) is 2.60. The summed E-state index contributed by atoms with van der Waals surface area (Å²) in [5, 5.41) is 21.5. The fourth-order valence-electron chi connectivity index (χ4n) is 2.11. The van der Waals surface area contributed by atoms with Gasteiger partial charge in [-0.1, -0.05) is 36.4 Å². The Kier molecular flexibility index (Phi) is 6.67. The normalized spacial score (nSPS) is 11.5. The van der Waals surface area contributed by atoms with E-state index in [1.54, 1.807) is 18.2 Å². The van der Waals surface area contributed by atoms with Gasteiger partial charge in [0.2, 0.25) is 0 Å². The van der Waals surface area contributed by atoms with Gasteiger partial charge in [0, 0.05) is 17.0 Å². The van der Waals surface area contributed by atoms with E-state index in [-0.39, 0.29) is 5.91 Å². The van der Waals surface area contributed by atoms with Gasteiger partial charge in [0.05, 0.1) is 17.9 Å². The van der Waals surface area contributed by atoms with Gasteiger partial charge in [0.25, 0.3) is 5.91 Å². The van der Waals surface area contributed by atoms with Gasteiger partial charge >= 0.3 is 0 Å². The first-order chi connectivity index (χ1) is 11.2. The molecule has 0 heterocycles. The van der Waals surface area contributed by atoms with Crippen molar-refractivity contribution >= 4 is 17.7 Å². The number of nitriles is 1. The van der Waals surface area contributed by atoms with E-state index in [0.29, 0.717) is 24.3 Å². The summed E-state index contributed by atoms with van der Waals surface area (Å²) >= 11 is 1.40. The fourth-order valence-corrected chi connectivity index (χ4v) is 2.73. The molecule has 5 heteroatoms. The SMILES string of the molecule is N#CCSc1cccc(C(=O)NCCC(O)c2ccccc2)c1. The number of nitrogens with zero attached hydrogens (tertiary/aromatic N) is 1. The molecule has 0 saturated carbocycles. The van der Waals surface area contributed by atoms with Gasteiger partial charge in [-0.25, -0.2) is 0 Å². The van der Waals surface area contributed by atoms with Crippen molar-refractivity contribution in [1.29, 1.82) is 5.26 Å². The molecule has 0 bridgehead atoms. The van der Waals surface area contributed by atoms with Crippen LogP contribution in [0, 0.1) is 11.3 Å². The molecule has 0 aliphatic carbocycles. The van der Waals surface area contributed by atoms with Crippen LogP contribution in [0.1, 0.15) is 28.4 Å². The molecule has 0 fully saturated rings. The van der Waals surface area contributed by atoms with Crippen molar-refractivity contribution in [2.24, 2.45) is 0 Å². The van der Waals surface area contributed by atoms with E-state index in [0.717, 1.165) is 10.5 Å². The first-order valence-electron chi connectivity index (χ1n) is 7.31. The zero-order valence-corrected chi connectivity index (χ0v) is 13.4. The van der Waals surface area contributed by atoms with Crippen LogP contribution in [0.2, 0.25) is 0 Å². The Hall–Kier alpha value is -2.29. The summed E-state index contributed by atoms with van der Waals surface area (Å²) in [7, 11) is 0. The quantitative estimate of drug-likeness (QED) is 0.767. The smallest absolute Gasteiger partial charge is 0.251 e. The number of hydrogen-bond donors (Lipinski definition) is 2. The molecule has 0 aliphatic heterocycles. The molecule has 2 N–H and O–H groups in total. The third kappa shape index (κ3) is 5.44. The number of benzene rings is 2. The molecule has 2 aromatic rings. The molecular formula is C18H18N2O2S. The lowest BCUT2D eigenvalue weighted by Crippen LogP contribution is -2.25. The van der Waals surface area contributed by atoms with Crippen LogP contribution in [-0.4, -0.2) is 23.3 Å². The van der Waals surface area contributed by atoms with Gasteiger partial charge in [-0.15, -0.1) is 11.8 Å². The van der Waals surface area contributed by atoms with E-state index >= 15 is 0 Å². The van der Waals surface area contributed by atoms with E-state index in [1.165, 1.54) is 11.8 Å². The van der Waals surface area contributed by atoms with E-state index in [4.69, 9.17) is 5.26 Å². The first kappa shape index (κ1) is 17.1. The Morgan fingerprint density at radius 1 is 1.22 bits per heavy atom. The molecule has 1 amide bonds. The molecule has 0 radical (unpaired) electrons. The summed E-state index contributed by atoms with van der Waals surface area (Å²) < 4.78 is 0. The van der Waals surface area contributed by atoms with Gasteiger partial charge in [-0.05, 0) is 30.2 Å². The summed E-state index contributed by atoms with van der Waals surface area (Å²) in [5.74, 6) is 0.179. The lowest BCUT2D eigenvalue weighted by atomic mass is 10.1. The van der Waals surface area contributed by atoms with Crippen LogP contribution in [-0.2, 0) is 0 Å². The molecule has 0 aliphatic rings. The standard InChI is InChI=1S/C18H18N2O2S/c19-10-12-23-16-8-4-7-15(13-16)18(22)20-11-9-17(21)14-5-2-1-3-6-14/h1-8,13,17,21H,9,11-12H2,(H,20,22). The van der Waals surface area contributed by atoms with Crippen LogP contribution in [0.5, 0.6) is 0 Å². The number of amides is 1. The van der Waals surface area contributed by atoms with Crippen LogP contribution in [0.15, 0.2) is 59.5 Å². The Morgan fingerprint density at radius 2 is 2.00 bits per heavy atom. The number of carbonyl (C=O) groups is 1. The van der Waals surface area contributed by atoms with Gasteiger partial charge < -0.3 is 10.4 Å². The zero-order valence-electron chi connectivity index (χ0n) is 12.6. The number of carbonyl (C=O) groups excluding carboxylic acids is 1. The molecule has 23 heavy (non-hydrogen) atoms. The molecule has 118 valence electrons. The summed E-state index contributed by atoms with van der Waals surface area (Å²) in [6.45, 7) is 0.393. The van der Waals surface area contributed by atoms with Crippen LogP contribution >= 0.6 is 11.8 Å². The minimum Gasteiger partial charge on any atom is -0.388 e. The summed E-state index contributed by atoms with van der Waals surface area (Å²) in [4.78, 5) is 13.0. The van der Waals surface area contributed by atoms with Crippen molar-refractivity contribution in [2.75, 3.05) is 12.3 Å². The summed E-state index contributed by atoms with van der Waals surface area (Å²) in [6, 6.07) is 18.6. The van der Waals surface area contributed by atoms with E-state index in [1.807, 2.05) is 36.4 Å². The second-order valence-corrected chi connectivity index (χ2v) is 5.99. The monoisotopic (exact) mass is 326 g/mol. The zero-order chi connectivity index (χ0) is 16.5. The largest absolute Gasteiger partial charge is 0.388 e.